The number of amides is 1. The lowest BCUT2D eigenvalue weighted by molar-refractivity contribution is 0.0225. The molecular formula is C18H24N4O2. The minimum atomic E-state index is -0.475. The highest BCUT2D eigenvalue weighted by atomic mass is 16.6. The third-order valence-corrected chi connectivity index (χ3v) is 4.01. The van der Waals surface area contributed by atoms with Gasteiger partial charge >= 0.3 is 6.09 Å². The van der Waals surface area contributed by atoms with Crippen LogP contribution in [-0.4, -0.2) is 44.4 Å². The van der Waals surface area contributed by atoms with Crippen molar-refractivity contribution in [2.75, 3.05) is 6.54 Å². The van der Waals surface area contributed by atoms with Crippen LogP contribution in [0.2, 0.25) is 0 Å². The van der Waals surface area contributed by atoms with Gasteiger partial charge in [-0.3, -0.25) is 0 Å². The quantitative estimate of drug-likeness (QED) is 0.937. The third kappa shape index (κ3) is 3.93. The van der Waals surface area contributed by atoms with Crippen LogP contribution in [0.3, 0.4) is 0 Å². The van der Waals surface area contributed by atoms with Gasteiger partial charge in [0.05, 0.1) is 0 Å². The van der Waals surface area contributed by atoms with Crippen LogP contribution in [-0.2, 0) is 11.2 Å². The number of rotatable bonds is 3. The number of aromatic amines is 1. The van der Waals surface area contributed by atoms with Gasteiger partial charge in [-0.05, 0) is 33.6 Å². The predicted molar refractivity (Wildman–Crippen MR) is 91.5 cm³/mol. The molecule has 1 N–H and O–H groups in total. The van der Waals surface area contributed by atoms with Gasteiger partial charge in [0.1, 0.15) is 11.4 Å². The number of nitrogens with zero attached hydrogens (tertiary/aromatic N) is 3. The van der Waals surface area contributed by atoms with Crippen LogP contribution in [0, 0.1) is 0 Å². The van der Waals surface area contributed by atoms with Crippen LogP contribution in [0.15, 0.2) is 30.3 Å². The Hall–Kier alpha value is -2.37. The number of hydrogen-bond donors (Lipinski definition) is 1. The Morgan fingerprint density at radius 1 is 1.29 bits per heavy atom. The molecule has 1 fully saturated rings. The molecule has 1 aliphatic rings. The van der Waals surface area contributed by atoms with Crippen LogP contribution in [0.4, 0.5) is 4.79 Å². The number of carbonyl (C=O) groups excluding carboxylic acids is 1. The van der Waals surface area contributed by atoms with Gasteiger partial charge in [0.2, 0.25) is 0 Å². The minimum Gasteiger partial charge on any atom is -0.444 e. The van der Waals surface area contributed by atoms with Crippen molar-refractivity contribution in [2.45, 2.75) is 51.7 Å². The van der Waals surface area contributed by atoms with Crippen molar-refractivity contribution in [2.24, 2.45) is 0 Å². The molecule has 1 amide bonds. The number of aromatic nitrogens is 3. The summed E-state index contributed by atoms with van der Waals surface area (Å²) in [5, 5.41) is 8.46. The van der Waals surface area contributed by atoms with E-state index in [1.165, 1.54) is 0 Å². The van der Waals surface area contributed by atoms with E-state index in [2.05, 4.69) is 15.2 Å². The lowest BCUT2D eigenvalue weighted by atomic mass is 10.1. The van der Waals surface area contributed by atoms with E-state index in [9.17, 15) is 4.79 Å². The second kappa shape index (κ2) is 6.63. The van der Waals surface area contributed by atoms with E-state index in [-0.39, 0.29) is 12.1 Å². The maximum Gasteiger partial charge on any atom is 0.410 e. The molecule has 24 heavy (non-hydrogen) atoms. The van der Waals surface area contributed by atoms with Crippen LogP contribution < -0.4 is 0 Å². The van der Waals surface area contributed by atoms with E-state index in [1.54, 1.807) is 0 Å². The first-order chi connectivity index (χ1) is 11.4. The van der Waals surface area contributed by atoms with Crippen LogP contribution >= 0.6 is 0 Å². The van der Waals surface area contributed by atoms with Crippen molar-refractivity contribution in [3.8, 4) is 11.4 Å². The highest BCUT2D eigenvalue weighted by molar-refractivity contribution is 5.69. The van der Waals surface area contributed by atoms with Crippen molar-refractivity contribution in [1.82, 2.24) is 20.1 Å². The maximum atomic E-state index is 12.3. The zero-order valence-corrected chi connectivity index (χ0v) is 14.5. The lowest BCUT2D eigenvalue weighted by Crippen LogP contribution is -2.40. The van der Waals surface area contributed by atoms with Crippen LogP contribution in [0.5, 0.6) is 0 Å². The van der Waals surface area contributed by atoms with E-state index in [0.717, 1.165) is 36.6 Å². The summed E-state index contributed by atoms with van der Waals surface area (Å²) in [6.45, 7) is 6.40. The summed E-state index contributed by atoms with van der Waals surface area (Å²) < 4.78 is 5.50. The van der Waals surface area contributed by atoms with Gasteiger partial charge in [-0.25, -0.2) is 4.79 Å². The van der Waals surface area contributed by atoms with E-state index in [0.29, 0.717) is 6.42 Å². The number of ether oxygens (including phenoxy) is 1. The summed E-state index contributed by atoms with van der Waals surface area (Å²) >= 11 is 0. The summed E-state index contributed by atoms with van der Waals surface area (Å²) in [7, 11) is 0. The molecule has 6 heteroatoms. The maximum absolute atomic E-state index is 12.3. The zero-order valence-electron chi connectivity index (χ0n) is 14.5. The normalized spacial score (nSPS) is 18.0. The number of nitrogens with one attached hydrogen (secondary N) is 1. The second-order valence-electron chi connectivity index (χ2n) is 7.16. The molecule has 0 radical (unpaired) electrons. The highest BCUT2D eigenvalue weighted by Gasteiger charge is 2.32. The molecule has 2 heterocycles. The highest BCUT2D eigenvalue weighted by Crippen LogP contribution is 2.23. The minimum absolute atomic E-state index is 0.108. The molecule has 1 saturated heterocycles. The molecule has 0 spiro atoms. The zero-order chi connectivity index (χ0) is 17.2. The fraction of sp³-hybridized carbons (Fsp3) is 0.500. The molecule has 2 aromatic rings. The molecule has 3 rings (SSSR count). The molecule has 1 aromatic carbocycles. The topological polar surface area (TPSA) is 71.1 Å². The lowest BCUT2D eigenvalue weighted by Gasteiger charge is -2.28. The van der Waals surface area contributed by atoms with E-state index < -0.39 is 5.60 Å². The van der Waals surface area contributed by atoms with Gasteiger partial charge in [-0.1, -0.05) is 30.3 Å². The van der Waals surface area contributed by atoms with Gasteiger partial charge in [-0.15, -0.1) is 10.2 Å². The Bertz CT molecular complexity index is 691. The molecule has 0 saturated carbocycles. The standard InChI is InChI=1S/C18H24N4O2/c1-18(2,3)24-17(23)22-11-7-10-14(22)12-15-19-16(21-20-15)13-8-5-4-6-9-13/h4-6,8-9,14H,7,10-12H2,1-3H3,(H,19,20,21). The molecule has 0 aliphatic carbocycles. The average molecular weight is 328 g/mol. The number of carbonyl (C=O) groups is 1. The monoisotopic (exact) mass is 328 g/mol. The van der Waals surface area contributed by atoms with Gasteiger partial charge in [0, 0.05) is 24.6 Å². The Labute approximate surface area is 142 Å². The van der Waals surface area contributed by atoms with E-state index in [4.69, 9.17) is 4.74 Å². The van der Waals surface area contributed by atoms with Crippen molar-refractivity contribution in [3.63, 3.8) is 0 Å². The van der Waals surface area contributed by atoms with Crippen LogP contribution in [0.1, 0.15) is 39.4 Å². The third-order valence-electron chi connectivity index (χ3n) is 4.01. The fourth-order valence-electron chi connectivity index (χ4n) is 2.95. The summed E-state index contributed by atoms with van der Waals surface area (Å²) in [6, 6.07) is 10.0. The Balaban J connectivity index is 1.67. The summed E-state index contributed by atoms with van der Waals surface area (Å²) in [5.74, 6) is 1.56. The van der Waals surface area contributed by atoms with Crippen molar-refractivity contribution in [3.05, 3.63) is 36.2 Å². The molecular weight excluding hydrogens is 304 g/mol. The SMILES string of the molecule is CC(C)(C)OC(=O)N1CCCC1Cc1nnc(-c2ccccc2)[nH]1. The Kier molecular flexibility index (Phi) is 4.55. The molecule has 1 atom stereocenters. The first-order valence-corrected chi connectivity index (χ1v) is 8.39. The summed E-state index contributed by atoms with van der Waals surface area (Å²) in [4.78, 5) is 17.4. The second-order valence-corrected chi connectivity index (χ2v) is 7.16. The molecule has 1 aromatic heterocycles. The number of benzene rings is 1. The average Bonchev–Trinajstić information content (AvgIpc) is 3.16. The van der Waals surface area contributed by atoms with E-state index in [1.807, 2.05) is 56.0 Å². The predicted octanol–water partition coefficient (Wildman–Crippen LogP) is 3.41. The summed E-state index contributed by atoms with van der Waals surface area (Å²) in [5.41, 5.74) is 0.531. The Morgan fingerprint density at radius 3 is 2.75 bits per heavy atom. The van der Waals surface area contributed by atoms with E-state index >= 15 is 0 Å². The van der Waals surface area contributed by atoms with Crippen LogP contribution in [0.25, 0.3) is 11.4 Å². The molecule has 1 aliphatic heterocycles. The fourth-order valence-corrected chi connectivity index (χ4v) is 2.95. The molecule has 6 nitrogen and oxygen atoms in total. The molecule has 1 unspecified atom stereocenters. The molecule has 128 valence electrons. The van der Waals surface area contributed by atoms with Gasteiger partial charge < -0.3 is 14.6 Å². The van der Waals surface area contributed by atoms with Gasteiger partial charge in [0.15, 0.2) is 5.82 Å². The number of H-pyrrole nitrogens is 1. The smallest absolute Gasteiger partial charge is 0.410 e. The largest absolute Gasteiger partial charge is 0.444 e. The first kappa shape index (κ1) is 16.5. The van der Waals surface area contributed by atoms with Crippen molar-refractivity contribution >= 4 is 6.09 Å². The van der Waals surface area contributed by atoms with Gasteiger partial charge in [-0.2, -0.15) is 0 Å². The van der Waals surface area contributed by atoms with Crippen molar-refractivity contribution < 1.29 is 9.53 Å². The molecule has 0 bridgehead atoms. The number of hydrogen-bond acceptors (Lipinski definition) is 4. The van der Waals surface area contributed by atoms with Gasteiger partial charge in [0.25, 0.3) is 0 Å². The Morgan fingerprint density at radius 2 is 2.04 bits per heavy atom. The first-order valence-electron chi connectivity index (χ1n) is 8.39. The summed E-state index contributed by atoms with van der Waals surface area (Å²) in [6.07, 6.45) is 2.37. The number of likely N-dealkylation sites (tertiary alicyclic amines) is 1. The van der Waals surface area contributed by atoms with Crippen molar-refractivity contribution in [1.29, 1.82) is 0 Å².